The van der Waals surface area contributed by atoms with Gasteiger partial charge in [0.05, 0.1) is 6.20 Å². The molecule has 0 aliphatic carbocycles. The van der Waals surface area contributed by atoms with Gasteiger partial charge in [0.1, 0.15) is 5.65 Å². The highest BCUT2D eigenvalue weighted by molar-refractivity contribution is 6.04. The normalized spacial score (nSPS) is 10.6. The van der Waals surface area contributed by atoms with Crippen LogP contribution in [0.5, 0.6) is 0 Å². The van der Waals surface area contributed by atoms with Crippen molar-refractivity contribution in [3.63, 3.8) is 0 Å². The zero-order valence-electron chi connectivity index (χ0n) is 10.5. The summed E-state index contributed by atoms with van der Waals surface area (Å²) >= 11 is 0. The number of aromatic nitrogens is 2. The van der Waals surface area contributed by atoms with Gasteiger partial charge in [0.15, 0.2) is 5.82 Å². The van der Waals surface area contributed by atoms with Crippen molar-refractivity contribution in [2.75, 3.05) is 5.32 Å². The number of carbonyl (C=O) groups is 1. The third-order valence-electron chi connectivity index (χ3n) is 3.00. The Bertz CT molecular complexity index is 713. The summed E-state index contributed by atoms with van der Waals surface area (Å²) in [7, 11) is 0. The number of nitrogens with zero attached hydrogens (tertiary/aromatic N) is 2. The molecule has 3 rings (SSSR count). The summed E-state index contributed by atoms with van der Waals surface area (Å²) < 4.78 is 1.87. The van der Waals surface area contributed by atoms with E-state index in [1.54, 1.807) is 12.3 Å². The summed E-state index contributed by atoms with van der Waals surface area (Å²) in [6.07, 6.45) is 3.69. The van der Waals surface area contributed by atoms with Crippen LogP contribution < -0.4 is 5.32 Å². The fourth-order valence-electron chi connectivity index (χ4n) is 2.01. The van der Waals surface area contributed by atoms with Gasteiger partial charge >= 0.3 is 0 Å². The fourth-order valence-corrected chi connectivity index (χ4v) is 2.01. The number of anilines is 1. The predicted molar refractivity (Wildman–Crippen MR) is 74.3 cm³/mol. The van der Waals surface area contributed by atoms with E-state index in [1.807, 2.05) is 53.9 Å². The van der Waals surface area contributed by atoms with Gasteiger partial charge in [-0.1, -0.05) is 24.3 Å². The van der Waals surface area contributed by atoms with Crippen LogP contribution in [0.15, 0.2) is 54.9 Å². The van der Waals surface area contributed by atoms with Crippen molar-refractivity contribution >= 4 is 17.4 Å². The first-order valence-electron chi connectivity index (χ1n) is 6.05. The van der Waals surface area contributed by atoms with Crippen LogP contribution >= 0.6 is 0 Å². The maximum absolute atomic E-state index is 12.2. The van der Waals surface area contributed by atoms with Crippen LogP contribution in [-0.2, 0) is 0 Å². The molecule has 1 aromatic carbocycles. The average Bonchev–Trinajstić information content (AvgIpc) is 2.81. The molecule has 0 radical (unpaired) electrons. The van der Waals surface area contributed by atoms with Crippen LogP contribution in [0, 0.1) is 6.92 Å². The van der Waals surface area contributed by atoms with Crippen LogP contribution in [0.25, 0.3) is 5.65 Å². The van der Waals surface area contributed by atoms with E-state index in [4.69, 9.17) is 0 Å². The van der Waals surface area contributed by atoms with E-state index in [0.29, 0.717) is 11.4 Å². The lowest BCUT2D eigenvalue weighted by atomic mass is 10.1. The molecule has 0 fully saturated rings. The minimum atomic E-state index is -0.137. The molecule has 2 heterocycles. The zero-order chi connectivity index (χ0) is 13.2. The first-order chi connectivity index (χ1) is 9.24. The molecule has 1 N–H and O–H groups in total. The lowest BCUT2D eigenvalue weighted by molar-refractivity contribution is 0.102. The SMILES string of the molecule is Cc1ccccc1C(=O)Nc1cn2ccccc2n1. The van der Waals surface area contributed by atoms with Gasteiger partial charge in [-0.3, -0.25) is 4.79 Å². The molecule has 0 aliphatic rings. The van der Waals surface area contributed by atoms with Gasteiger partial charge in [0.2, 0.25) is 0 Å². The van der Waals surface area contributed by atoms with Crippen molar-refractivity contribution in [3.05, 3.63) is 66.0 Å². The lowest BCUT2D eigenvalue weighted by Crippen LogP contribution is -2.13. The van der Waals surface area contributed by atoms with Crippen LogP contribution in [0.4, 0.5) is 5.82 Å². The number of carbonyl (C=O) groups excluding carboxylic acids is 1. The number of imidazole rings is 1. The number of hydrogen-bond acceptors (Lipinski definition) is 2. The Morgan fingerprint density at radius 3 is 2.74 bits per heavy atom. The predicted octanol–water partition coefficient (Wildman–Crippen LogP) is 2.90. The quantitative estimate of drug-likeness (QED) is 0.761. The summed E-state index contributed by atoms with van der Waals surface area (Å²) in [6.45, 7) is 1.92. The van der Waals surface area contributed by atoms with E-state index in [9.17, 15) is 4.79 Å². The summed E-state index contributed by atoms with van der Waals surface area (Å²) in [4.78, 5) is 16.5. The van der Waals surface area contributed by atoms with E-state index in [0.717, 1.165) is 11.2 Å². The fraction of sp³-hybridized carbons (Fsp3) is 0.0667. The molecule has 4 nitrogen and oxygen atoms in total. The third-order valence-corrected chi connectivity index (χ3v) is 3.00. The maximum Gasteiger partial charge on any atom is 0.257 e. The number of pyridine rings is 1. The zero-order valence-corrected chi connectivity index (χ0v) is 10.5. The van der Waals surface area contributed by atoms with Gasteiger partial charge in [-0.15, -0.1) is 0 Å². The van der Waals surface area contributed by atoms with Crippen LogP contribution in [0.1, 0.15) is 15.9 Å². The molecule has 0 bridgehead atoms. The van der Waals surface area contributed by atoms with Crippen LogP contribution in [0.2, 0.25) is 0 Å². The second-order valence-electron chi connectivity index (χ2n) is 4.36. The van der Waals surface area contributed by atoms with Crippen molar-refractivity contribution in [1.29, 1.82) is 0 Å². The van der Waals surface area contributed by atoms with E-state index in [-0.39, 0.29) is 5.91 Å². The summed E-state index contributed by atoms with van der Waals surface area (Å²) in [5.74, 6) is 0.418. The third kappa shape index (κ3) is 2.20. The highest BCUT2D eigenvalue weighted by atomic mass is 16.1. The number of rotatable bonds is 2. The van der Waals surface area contributed by atoms with Gasteiger partial charge in [-0.25, -0.2) is 4.98 Å². The van der Waals surface area contributed by atoms with E-state index in [1.165, 1.54) is 0 Å². The van der Waals surface area contributed by atoms with Crippen molar-refractivity contribution < 1.29 is 4.79 Å². The highest BCUT2D eigenvalue weighted by Gasteiger charge is 2.10. The van der Waals surface area contributed by atoms with Gasteiger partial charge in [-0.2, -0.15) is 0 Å². The monoisotopic (exact) mass is 251 g/mol. The summed E-state index contributed by atoms with van der Waals surface area (Å²) in [5, 5.41) is 2.82. The molecule has 2 aromatic heterocycles. The largest absolute Gasteiger partial charge is 0.305 e. The van der Waals surface area contributed by atoms with Crippen LogP contribution in [0.3, 0.4) is 0 Å². The van der Waals surface area contributed by atoms with Crippen molar-refractivity contribution in [1.82, 2.24) is 9.38 Å². The molecule has 19 heavy (non-hydrogen) atoms. The van der Waals surface area contributed by atoms with E-state index >= 15 is 0 Å². The Balaban J connectivity index is 1.89. The first kappa shape index (κ1) is 11.5. The smallest absolute Gasteiger partial charge is 0.257 e. The Hall–Kier alpha value is -2.62. The molecule has 0 saturated heterocycles. The summed E-state index contributed by atoms with van der Waals surface area (Å²) in [6, 6.07) is 13.2. The highest BCUT2D eigenvalue weighted by Crippen LogP contribution is 2.12. The molecular weight excluding hydrogens is 238 g/mol. The van der Waals surface area contributed by atoms with Crippen molar-refractivity contribution in [3.8, 4) is 0 Å². The molecule has 0 spiro atoms. The molecule has 1 amide bonds. The molecular formula is C15H13N3O. The van der Waals surface area contributed by atoms with Gasteiger partial charge in [0.25, 0.3) is 5.91 Å². The van der Waals surface area contributed by atoms with Crippen LogP contribution in [-0.4, -0.2) is 15.3 Å². The Labute approximate surface area is 110 Å². The maximum atomic E-state index is 12.2. The standard InChI is InChI=1S/C15H13N3O/c1-11-6-2-3-7-12(11)15(19)17-13-10-18-9-5-4-8-14(18)16-13/h2-10H,1H3,(H,17,19). The van der Waals surface area contributed by atoms with Gasteiger partial charge in [-0.05, 0) is 30.7 Å². The first-order valence-corrected chi connectivity index (χ1v) is 6.05. The lowest BCUT2D eigenvalue weighted by Gasteiger charge is -2.04. The number of amides is 1. The number of hydrogen-bond donors (Lipinski definition) is 1. The number of aryl methyl sites for hydroxylation is 1. The van der Waals surface area contributed by atoms with Gasteiger partial charge in [0, 0.05) is 11.8 Å². The molecule has 0 aliphatic heterocycles. The average molecular weight is 251 g/mol. The Kier molecular flexibility index (Phi) is 2.76. The number of benzene rings is 1. The molecule has 3 aromatic rings. The number of fused-ring (bicyclic) bond motifs is 1. The molecule has 0 atom stereocenters. The molecule has 0 saturated carbocycles. The minimum Gasteiger partial charge on any atom is -0.305 e. The minimum absolute atomic E-state index is 0.137. The molecule has 0 unspecified atom stereocenters. The Morgan fingerprint density at radius 1 is 1.16 bits per heavy atom. The van der Waals surface area contributed by atoms with Crippen molar-refractivity contribution in [2.24, 2.45) is 0 Å². The second-order valence-corrected chi connectivity index (χ2v) is 4.36. The van der Waals surface area contributed by atoms with Gasteiger partial charge < -0.3 is 9.72 Å². The van der Waals surface area contributed by atoms with E-state index in [2.05, 4.69) is 10.3 Å². The molecule has 94 valence electrons. The summed E-state index contributed by atoms with van der Waals surface area (Å²) in [5.41, 5.74) is 2.42. The molecule has 4 heteroatoms. The van der Waals surface area contributed by atoms with E-state index < -0.39 is 0 Å². The van der Waals surface area contributed by atoms with Crippen molar-refractivity contribution in [2.45, 2.75) is 6.92 Å². The second kappa shape index (κ2) is 4.57. The Morgan fingerprint density at radius 2 is 1.95 bits per heavy atom. The number of nitrogens with one attached hydrogen (secondary N) is 1. The topological polar surface area (TPSA) is 46.4 Å².